The van der Waals surface area contributed by atoms with Crippen molar-refractivity contribution < 1.29 is 4.79 Å². The number of imidazole rings is 1. The van der Waals surface area contributed by atoms with Crippen LogP contribution in [0.1, 0.15) is 6.42 Å². The number of aromatic nitrogens is 3. The van der Waals surface area contributed by atoms with Crippen molar-refractivity contribution in [2.75, 3.05) is 37.9 Å². The first kappa shape index (κ1) is 13.1. The molecule has 7 nitrogen and oxygen atoms in total. The van der Waals surface area contributed by atoms with Gasteiger partial charge in [-0.15, -0.1) is 0 Å². The van der Waals surface area contributed by atoms with Crippen molar-refractivity contribution in [1.29, 1.82) is 0 Å². The maximum atomic E-state index is 11.3. The molecule has 0 bridgehead atoms. The summed E-state index contributed by atoms with van der Waals surface area (Å²) in [4.78, 5) is 22.0. The lowest BCUT2D eigenvalue weighted by Crippen LogP contribution is -2.27. The van der Waals surface area contributed by atoms with Crippen molar-refractivity contribution in [3.63, 3.8) is 0 Å². The third-order valence-electron chi connectivity index (χ3n) is 2.93. The SMILES string of the molecule is CNC(=O)CCN(C)c1nc(NC)cn2ccnc12. The normalized spacial score (nSPS) is 10.5. The van der Waals surface area contributed by atoms with Gasteiger partial charge in [0.2, 0.25) is 5.91 Å². The Balaban J connectivity index is 2.27. The van der Waals surface area contributed by atoms with E-state index in [1.54, 1.807) is 13.2 Å². The van der Waals surface area contributed by atoms with E-state index in [0.29, 0.717) is 13.0 Å². The minimum atomic E-state index is 0.0102. The van der Waals surface area contributed by atoms with E-state index in [1.165, 1.54) is 0 Å². The van der Waals surface area contributed by atoms with Crippen molar-refractivity contribution in [1.82, 2.24) is 19.7 Å². The van der Waals surface area contributed by atoms with E-state index in [1.807, 2.05) is 35.8 Å². The predicted octanol–water partition coefficient (Wildman–Crippen LogP) is 0.343. The van der Waals surface area contributed by atoms with Gasteiger partial charge in [-0.3, -0.25) is 4.79 Å². The average molecular weight is 262 g/mol. The molecule has 19 heavy (non-hydrogen) atoms. The van der Waals surface area contributed by atoms with Crippen molar-refractivity contribution in [3.05, 3.63) is 18.6 Å². The lowest BCUT2D eigenvalue weighted by molar-refractivity contribution is -0.120. The lowest BCUT2D eigenvalue weighted by atomic mass is 10.3. The maximum Gasteiger partial charge on any atom is 0.221 e. The summed E-state index contributed by atoms with van der Waals surface area (Å²) in [6.45, 7) is 0.586. The molecule has 2 aromatic rings. The largest absolute Gasteiger partial charge is 0.372 e. The van der Waals surface area contributed by atoms with Gasteiger partial charge >= 0.3 is 0 Å². The number of nitrogens with zero attached hydrogens (tertiary/aromatic N) is 4. The van der Waals surface area contributed by atoms with Crippen LogP contribution < -0.4 is 15.5 Å². The number of hydrogen-bond donors (Lipinski definition) is 2. The summed E-state index contributed by atoms with van der Waals surface area (Å²) in [6.07, 6.45) is 5.89. The summed E-state index contributed by atoms with van der Waals surface area (Å²) >= 11 is 0. The highest BCUT2D eigenvalue weighted by molar-refractivity contribution is 5.76. The van der Waals surface area contributed by atoms with Crippen LogP contribution in [0.4, 0.5) is 11.6 Å². The summed E-state index contributed by atoms with van der Waals surface area (Å²) in [5.41, 5.74) is 0.776. The van der Waals surface area contributed by atoms with Gasteiger partial charge in [0, 0.05) is 46.5 Å². The Hall–Kier alpha value is -2.31. The topological polar surface area (TPSA) is 74.6 Å². The van der Waals surface area contributed by atoms with E-state index in [2.05, 4.69) is 20.6 Å². The number of carbonyl (C=O) groups excluding carboxylic acids is 1. The molecular formula is C12H18N6O. The maximum absolute atomic E-state index is 11.3. The van der Waals surface area contributed by atoms with Crippen molar-refractivity contribution >= 4 is 23.2 Å². The van der Waals surface area contributed by atoms with Crippen LogP contribution in [-0.4, -0.2) is 48.0 Å². The third kappa shape index (κ3) is 2.75. The van der Waals surface area contributed by atoms with Gasteiger partial charge in [0.25, 0.3) is 0 Å². The molecule has 2 aromatic heterocycles. The Kier molecular flexibility index (Phi) is 3.84. The number of nitrogens with one attached hydrogen (secondary N) is 2. The second-order valence-electron chi connectivity index (χ2n) is 4.20. The standard InChI is InChI=1S/C12H18N6O/c1-13-9-8-18-7-5-15-11(18)12(16-9)17(3)6-4-10(19)14-2/h5,7-8,13H,4,6H2,1-3H3,(H,14,19). The number of hydrogen-bond acceptors (Lipinski definition) is 5. The number of fused-ring (bicyclic) bond motifs is 1. The predicted molar refractivity (Wildman–Crippen MR) is 74.5 cm³/mol. The zero-order valence-corrected chi connectivity index (χ0v) is 11.3. The highest BCUT2D eigenvalue weighted by Gasteiger charge is 2.12. The minimum absolute atomic E-state index is 0.0102. The molecule has 0 saturated carbocycles. The molecular weight excluding hydrogens is 244 g/mol. The summed E-state index contributed by atoms with van der Waals surface area (Å²) < 4.78 is 1.91. The quantitative estimate of drug-likeness (QED) is 0.813. The number of rotatable bonds is 5. The first-order valence-electron chi connectivity index (χ1n) is 6.09. The summed E-state index contributed by atoms with van der Waals surface area (Å²) in [7, 11) is 5.35. The van der Waals surface area contributed by atoms with Crippen LogP contribution in [0, 0.1) is 0 Å². The molecule has 0 radical (unpaired) electrons. The van der Waals surface area contributed by atoms with E-state index < -0.39 is 0 Å². The highest BCUT2D eigenvalue weighted by Crippen LogP contribution is 2.19. The highest BCUT2D eigenvalue weighted by atomic mass is 16.1. The van der Waals surface area contributed by atoms with Gasteiger partial charge in [-0.2, -0.15) is 0 Å². The smallest absolute Gasteiger partial charge is 0.221 e. The van der Waals surface area contributed by atoms with E-state index in [0.717, 1.165) is 17.3 Å². The summed E-state index contributed by atoms with van der Waals surface area (Å²) in [5, 5.41) is 5.62. The molecule has 102 valence electrons. The zero-order chi connectivity index (χ0) is 13.8. The van der Waals surface area contributed by atoms with Crippen molar-refractivity contribution in [3.8, 4) is 0 Å². The van der Waals surface area contributed by atoms with E-state index in [4.69, 9.17) is 0 Å². The van der Waals surface area contributed by atoms with Crippen LogP contribution in [-0.2, 0) is 4.79 Å². The number of anilines is 2. The Bertz CT molecular complexity index is 579. The summed E-state index contributed by atoms with van der Waals surface area (Å²) in [6, 6.07) is 0. The van der Waals surface area contributed by atoms with E-state index in [-0.39, 0.29) is 5.91 Å². The lowest BCUT2D eigenvalue weighted by Gasteiger charge is -2.19. The Morgan fingerprint density at radius 3 is 2.95 bits per heavy atom. The van der Waals surface area contributed by atoms with Gasteiger partial charge < -0.3 is 19.9 Å². The fraction of sp³-hybridized carbons (Fsp3) is 0.417. The molecule has 0 aliphatic carbocycles. The Morgan fingerprint density at radius 2 is 2.26 bits per heavy atom. The van der Waals surface area contributed by atoms with Crippen LogP contribution in [0.2, 0.25) is 0 Å². The van der Waals surface area contributed by atoms with Gasteiger partial charge in [-0.25, -0.2) is 9.97 Å². The minimum Gasteiger partial charge on any atom is -0.372 e. The van der Waals surface area contributed by atoms with Crippen molar-refractivity contribution in [2.45, 2.75) is 6.42 Å². The zero-order valence-electron chi connectivity index (χ0n) is 11.3. The second-order valence-corrected chi connectivity index (χ2v) is 4.20. The van der Waals surface area contributed by atoms with Crippen LogP contribution in [0.15, 0.2) is 18.6 Å². The number of carbonyl (C=O) groups is 1. The molecule has 0 fully saturated rings. The van der Waals surface area contributed by atoms with Crippen LogP contribution in [0.25, 0.3) is 5.65 Å². The summed E-state index contributed by atoms with van der Waals surface area (Å²) in [5.74, 6) is 1.52. The average Bonchev–Trinajstić information content (AvgIpc) is 2.91. The molecule has 0 atom stereocenters. The molecule has 0 aromatic carbocycles. The van der Waals surface area contributed by atoms with Crippen molar-refractivity contribution in [2.24, 2.45) is 0 Å². The van der Waals surface area contributed by atoms with Crippen LogP contribution >= 0.6 is 0 Å². The molecule has 2 rings (SSSR count). The molecule has 0 aliphatic heterocycles. The monoisotopic (exact) mass is 262 g/mol. The van der Waals surface area contributed by atoms with Gasteiger partial charge in [0.05, 0.1) is 6.20 Å². The van der Waals surface area contributed by atoms with Crippen LogP contribution in [0.3, 0.4) is 0 Å². The first-order valence-corrected chi connectivity index (χ1v) is 6.09. The van der Waals surface area contributed by atoms with Gasteiger partial charge in [0.15, 0.2) is 11.5 Å². The molecule has 0 saturated heterocycles. The fourth-order valence-electron chi connectivity index (χ4n) is 1.79. The first-order chi connectivity index (χ1) is 9.15. The molecule has 0 unspecified atom stereocenters. The molecule has 0 aliphatic rings. The Morgan fingerprint density at radius 1 is 1.47 bits per heavy atom. The van der Waals surface area contributed by atoms with E-state index >= 15 is 0 Å². The third-order valence-corrected chi connectivity index (χ3v) is 2.93. The molecule has 2 heterocycles. The molecule has 7 heteroatoms. The molecule has 0 spiro atoms. The number of amides is 1. The second kappa shape index (κ2) is 5.55. The van der Waals surface area contributed by atoms with Gasteiger partial charge in [0.1, 0.15) is 5.82 Å². The molecule has 1 amide bonds. The Labute approximate surface area is 111 Å². The fourth-order valence-corrected chi connectivity index (χ4v) is 1.79. The van der Waals surface area contributed by atoms with Crippen LogP contribution in [0.5, 0.6) is 0 Å². The molecule has 2 N–H and O–H groups in total. The van der Waals surface area contributed by atoms with E-state index in [9.17, 15) is 4.79 Å². The van der Waals surface area contributed by atoms with Gasteiger partial charge in [-0.05, 0) is 0 Å². The van der Waals surface area contributed by atoms with Gasteiger partial charge in [-0.1, -0.05) is 0 Å².